The lowest BCUT2D eigenvalue weighted by Crippen LogP contribution is -2.20. The maximum Gasteiger partial charge on any atom is 0.262 e. The van der Waals surface area contributed by atoms with E-state index in [0.29, 0.717) is 45.1 Å². The van der Waals surface area contributed by atoms with Gasteiger partial charge in [-0.2, -0.15) is 4.98 Å². The minimum atomic E-state index is -0.301. The van der Waals surface area contributed by atoms with Crippen LogP contribution in [0.15, 0.2) is 77.3 Å². The predicted octanol–water partition coefficient (Wildman–Crippen LogP) is 5.08. The van der Waals surface area contributed by atoms with E-state index in [1.165, 1.54) is 0 Å². The highest BCUT2D eigenvalue weighted by atomic mass is 35.5. The predicted molar refractivity (Wildman–Crippen MR) is 117 cm³/mol. The van der Waals surface area contributed by atoms with E-state index in [1.54, 1.807) is 61.7 Å². The molecule has 1 amide bonds. The Hall–Kier alpha value is -3.84. The van der Waals surface area contributed by atoms with Crippen LogP contribution in [0.4, 0.5) is 5.69 Å². The Morgan fingerprint density at radius 1 is 1.00 bits per heavy atom. The number of ether oxygens (including phenoxy) is 2. The van der Waals surface area contributed by atoms with E-state index < -0.39 is 0 Å². The van der Waals surface area contributed by atoms with Crippen molar-refractivity contribution >= 4 is 23.2 Å². The van der Waals surface area contributed by atoms with E-state index in [2.05, 4.69) is 15.5 Å². The largest absolute Gasteiger partial charge is 0.497 e. The van der Waals surface area contributed by atoms with E-state index >= 15 is 0 Å². The van der Waals surface area contributed by atoms with Crippen molar-refractivity contribution in [3.63, 3.8) is 0 Å². The molecule has 4 aromatic rings. The summed E-state index contributed by atoms with van der Waals surface area (Å²) in [6.45, 7) is -0.182. The van der Waals surface area contributed by atoms with Crippen molar-refractivity contribution in [3.05, 3.63) is 77.8 Å². The van der Waals surface area contributed by atoms with Gasteiger partial charge in [-0.25, -0.2) is 0 Å². The van der Waals surface area contributed by atoms with Gasteiger partial charge in [0.15, 0.2) is 6.61 Å². The van der Waals surface area contributed by atoms with Gasteiger partial charge in [0.1, 0.15) is 11.5 Å². The van der Waals surface area contributed by atoms with Crippen molar-refractivity contribution in [1.29, 1.82) is 0 Å². The van der Waals surface area contributed by atoms with Crippen molar-refractivity contribution in [2.75, 3.05) is 19.0 Å². The fourth-order valence-corrected chi connectivity index (χ4v) is 3.09. The van der Waals surface area contributed by atoms with Gasteiger partial charge in [0.05, 0.1) is 23.3 Å². The molecular weight excluding hydrogens is 418 g/mol. The number of methoxy groups -OCH3 is 1. The van der Waals surface area contributed by atoms with E-state index in [0.717, 1.165) is 0 Å². The standard InChI is InChI=1S/C23H18ClN3O4/c1-29-16-12-10-15(11-13-16)25-21(28)14-30-20-9-5-3-7-18(20)22-26-23(31-27-22)17-6-2-4-8-19(17)24/h2-13H,14H2,1H3,(H,25,28). The highest BCUT2D eigenvalue weighted by molar-refractivity contribution is 6.33. The summed E-state index contributed by atoms with van der Waals surface area (Å²) in [5.74, 6) is 1.50. The zero-order chi connectivity index (χ0) is 21.6. The van der Waals surface area contributed by atoms with Gasteiger partial charge in [-0.1, -0.05) is 41.0 Å². The number of carbonyl (C=O) groups excluding carboxylic acids is 1. The third kappa shape index (κ3) is 4.84. The van der Waals surface area contributed by atoms with Gasteiger partial charge in [-0.15, -0.1) is 0 Å². The fraction of sp³-hybridized carbons (Fsp3) is 0.0870. The summed E-state index contributed by atoms with van der Waals surface area (Å²) in [6.07, 6.45) is 0. The van der Waals surface area contributed by atoms with Gasteiger partial charge in [0.25, 0.3) is 11.8 Å². The number of anilines is 1. The van der Waals surface area contributed by atoms with Crippen LogP contribution in [0.3, 0.4) is 0 Å². The highest BCUT2D eigenvalue weighted by Crippen LogP contribution is 2.31. The quantitative estimate of drug-likeness (QED) is 0.435. The number of benzene rings is 3. The summed E-state index contributed by atoms with van der Waals surface area (Å²) in [5.41, 5.74) is 1.88. The van der Waals surface area contributed by atoms with E-state index in [1.807, 2.05) is 18.2 Å². The molecule has 0 atom stereocenters. The molecule has 0 saturated heterocycles. The summed E-state index contributed by atoms with van der Waals surface area (Å²) in [6, 6.07) is 21.4. The number of para-hydroxylation sites is 1. The van der Waals surface area contributed by atoms with E-state index in [4.69, 9.17) is 25.6 Å². The number of carbonyl (C=O) groups is 1. The molecule has 0 fully saturated rings. The number of hydrogen-bond donors (Lipinski definition) is 1. The fourth-order valence-electron chi connectivity index (χ4n) is 2.87. The van der Waals surface area contributed by atoms with Crippen LogP contribution in [0.2, 0.25) is 5.02 Å². The van der Waals surface area contributed by atoms with Gasteiger partial charge in [0, 0.05) is 5.69 Å². The van der Waals surface area contributed by atoms with Crippen molar-refractivity contribution in [2.45, 2.75) is 0 Å². The zero-order valence-electron chi connectivity index (χ0n) is 16.5. The molecule has 7 nitrogen and oxygen atoms in total. The average molecular weight is 436 g/mol. The van der Waals surface area contributed by atoms with Crippen LogP contribution < -0.4 is 14.8 Å². The summed E-state index contributed by atoms with van der Waals surface area (Å²) < 4.78 is 16.2. The monoisotopic (exact) mass is 435 g/mol. The number of nitrogens with one attached hydrogen (secondary N) is 1. The molecule has 1 aromatic heterocycles. The third-order valence-electron chi connectivity index (χ3n) is 4.39. The highest BCUT2D eigenvalue weighted by Gasteiger charge is 2.16. The summed E-state index contributed by atoms with van der Waals surface area (Å²) in [5, 5.41) is 7.32. The van der Waals surface area contributed by atoms with E-state index in [9.17, 15) is 4.79 Å². The summed E-state index contributed by atoms with van der Waals surface area (Å²) in [7, 11) is 1.58. The van der Waals surface area contributed by atoms with Crippen molar-refractivity contribution in [1.82, 2.24) is 10.1 Å². The van der Waals surface area contributed by atoms with Gasteiger partial charge in [0.2, 0.25) is 5.82 Å². The molecule has 0 aliphatic carbocycles. The smallest absolute Gasteiger partial charge is 0.262 e. The molecule has 31 heavy (non-hydrogen) atoms. The van der Waals surface area contributed by atoms with E-state index in [-0.39, 0.29) is 12.5 Å². The number of hydrogen-bond acceptors (Lipinski definition) is 6. The topological polar surface area (TPSA) is 86.5 Å². The third-order valence-corrected chi connectivity index (χ3v) is 4.72. The van der Waals surface area contributed by atoms with Crippen molar-refractivity contribution in [3.8, 4) is 34.3 Å². The lowest BCUT2D eigenvalue weighted by molar-refractivity contribution is -0.118. The second-order valence-corrected chi connectivity index (χ2v) is 6.87. The Bertz CT molecular complexity index is 1190. The Kier molecular flexibility index (Phi) is 6.14. The first-order valence-electron chi connectivity index (χ1n) is 9.39. The summed E-state index contributed by atoms with van der Waals surface area (Å²) in [4.78, 5) is 16.7. The minimum Gasteiger partial charge on any atom is -0.497 e. The molecule has 0 aliphatic rings. The first-order chi connectivity index (χ1) is 15.1. The number of aromatic nitrogens is 2. The number of amides is 1. The van der Waals surface area contributed by atoms with Crippen LogP contribution in [-0.4, -0.2) is 29.8 Å². The van der Waals surface area contributed by atoms with Crippen LogP contribution in [0.25, 0.3) is 22.8 Å². The molecule has 0 saturated carbocycles. The molecule has 3 aromatic carbocycles. The zero-order valence-corrected chi connectivity index (χ0v) is 17.3. The summed E-state index contributed by atoms with van der Waals surface area (Å²) >= 11 is 6.21. The molecule has 8 heteroatoms. The average Bonchev–Trinajstić information content (AvgIpc) is 3.28. The van der Waals surface area contributed by atoms with Crippen LogP contribution in [0.1, 0.15) is 0 Å². The van der Waals surface area contributed by atoms with Gasteiger partial charge in [-0.05, 0) is 48.5 Å². The molecule has 0 radical (unpaired) electrons. The number of rotatable bonds is 7. The van der Waals surface area contributed by atoms with Crippen LogP contribution in [0.5, 0.6) is 11.5 Å². The molecule has 1 N–H and O–H groups in total. The second-order valence-electron chi connectivity index (χ2n) is 6.46. The molecule has 1 heterocycles. The van der Waals surface area contributed by atoms with Crippen molar-refractivity contribution < 1.29 is 18.8 Å². The molecule has 0 unspecified atom stereocenters. The first kappa shape index (κ1) is 20.4. The van der Waals surface area contributed by atoms with Gasteiger partial charge < -0.3 is 19.3 Å². The molecule has 0 bridgehead atoms. The molecule has 4 rings (SSSR count). The number of halogens is 1. The van der Waals surface area contributed by atoms with Gasteiger partial charge >= 0.3 is 0 Å². The molecule has 0 spiro atoms. The Balaban J connectivity index is 1.46. The Labute approximate surface area is 183 Å². The Morgan fingerprint density at radius 2 is 1.71 bits per heavy atom. The molecule has 156 valence electrons. The van der Waals surface area contributed by atoms with Crippen LogP contribution in [0, 0.1) is 0 Å². The minimum absolute atomic E-state index is 0.182. The SMILES string of the molecule is COc1ccc(NC(=O)COc2ccccc2-c2noc(-c3ccccc3Cl)n2)cc1. The number of nitrogens with zero attached hydrogens (tertiary/aromatic N) is 2. The lowest BCUT2D eigenvalue weighted by Gasteiger charge is -2.10. The maximum absolute atomic E-state index is 12.3. The molecular formula is C23H18ClN3O4. The van der Waals surface area contributed by atoms with Crippen LogP contribution >= 0.6 is 11.6 Å². The maximum atomic E-state index is 12.3. The normalized spacial score (nSPS) is 10.5. The first-order valence-corrected chi connectivity index (χ1v) is 9.76. The second kappa shape index (κ2) is 9.32. The molecule has 0 aliphatic heterocycles. The van der Waals surface area contributed by atoms with Crippen LogP contribution in [-0.2, 0) is 4.79 Å². The van der Waals surface area contributed by atoms with Gasteiger partial charge in [-0.3, -0.25) is 4.79 Å². The Morgan fingerprint density at radius 3 is 2.45 bits per heavy atom. The lowest BCUT2D eigenvalue weighted by atomic mass is 10.2. The van der Waals surface area contributed by atoms with Crippen molar-refractivity contribution in [2.24, 2.45) is 0 Å².